The van der Waals surface area contributed by atoms with Gasteiger partial charge in [-0.3, -0.25) is 9.59 Å². The first-order valence-corrected chi connectivity index (χ1v) is 7.83. The van der Waals surface area contributed by atoms with Gasteiger partial charge >= 0.3 is 0 Å². The molecule has 1 aromatic carbocycles. The first-order valence-electron chi connectivity index (χ1n) is 7.83. The van der Waals surface area contributed by atoms with Gasteiger partial charge in [0.1, 0.15) is 11.6 Å². The van der Waals surface area contributed by atoms with Crippen LogP contribution in [0.4, 0.5) is 5.69 Å². The van der Waals surface area contributed by atoms with Crippen molar-refractivity contribution >= 4 is 11.6 Å². The Morgan fingerprint density at radius 1 is 1.25 bits per heavy atom. The molecule has 0 atom stereocenters. The van der Waals surface area contributed by atoms with Crippen LogP contribution in [0.3, 0.4) is 0 Å². The van der Waals surface area contributed by atoms with E-state index < -0.39 is 0 Å². The van der Waals surface area contributed by atoms with Gasteiger partial charge in [0.05, 0.1) is 0 Å². The topological polar surface area (TPSA) is 85.8 Å². The average Bonchev–Trinajstić information content (AvgIpc) is 2.50. The highest BCUT2D eigenvalue weighted by Crippen LogP contribution is 2.18. The van der Waals surface area contributed by atoms with Crippen LogP contribution in [-0.2, 0) is 11.2 Å². The van der Waals surface area contributed by atoms with Crippen LogP contribution in [-0.4, -0.2) is 10.9 Å². The van der Waals surface area contributed by atoms with Crippen molar-refractivity contribution in [3.63, 3.8) is 0 Å². The number of aromatic amines is 1. The normalized spacial score (nSPS) is 10.3. The fourth-order valence-corrected chi connectivity index (χ4v) is 2.83. The zero-order valence-electron chi connectivity index (χ0n) is 14.4. The Labute approximate surface area is 141 Å². The van der Waals surface area contributed by atoms with Gasteiger partial charge in [-0.1, -0.05) is 17.7 Å². The maximum absolute atomic E-state index is 12.2. The molecule has 0 aliphatic carbocycles. The van der Waals surface area contributed by atoms with Crippen molar-refractivity contribution in [2.24, 2.45) is 0 Å². The third-order valence-corrected chi connectivity index (χ3v) is 4.18. The molecule has 0 saturated carbocycles. The molecule has 24 heavy (non-hydrogen) atoms. The standard InChI is InChI=1S/C19H21N3O2/c1-11-5-7-17(12(2)9-11)22-18(23)8-6-15-13(3)16(10-20)19(24)21-14(15)4/h5,7,9H,6,8H2,1-4H3,(H,21,24)(H,22,23). The Morgan fingerprint density at radius 2 is 1.96 bits per heavy atom. The van der Waals surface area contributed by atoms with Gasteiger partial charge < -0.3 is 10.3 Å². The van der Waals surface area contributed by atoms with Gasteiger partial charge in [0.2, 0.25) is 5.91 Å². The number of carbonyl (C=O) groups excluding carboxylic acids is 1. The maximum atomic E-state index is 12.2. The van der Waals surface area contributed by atoms with Crippen molar-refractivity contribution in [3.8, 4) is 6.07 Å². The minimum absolute atomic E-state index is 0.0922. The maximum Gasteiger partial charge on any atom is 0.266 e. The van der Waals surface area contributed by atoms with Crippen LogP contribution in [0.25, 0.3) is 0 Å². The van der Waals surface area contributed by atoms with Gasteiger partial charge in [0, 0.05) is 17.8 Å². The molecule has 2 rings (SSSR count). The summed E-state index contributed by atoms with van der Waals surface area (Å²) in [6.45, 7) is 7.50. The molecule has 5 heteroatoms. The number of H-pyrrole nitrogens is 1. The second-order valence-corrected chi connectivity index (χ2v) is 6.04. The minimum atomic E-state index is -0.379. The second-order valence-electron chi connectivity index (χ2n) is 6.04. The Morgan fingerprint density at radius 3 is 2.58 bits per heavy atom. The van der Waals surface area contributed by atoms with Crippen LogP contribution < -0.4 is 10.9 Å². The number of rotatable bonds is 4. The van der Waals surface area contributed by atoms with Crippen molar-refractivity contribution in [3.05, 3.63) is 62.1 Å². The number of hydrogen-bond acceptors (Lipinski definition) is 3. The lowest BCUT2D eigenvalue weighted by Gasteiger charge is -2.12. The number of nitrogens with zero attached hydrogens (tertiary/aromatic N) is 1. The first kappa shape index (κ1) is 17.5. The highest BCUT2D eigenvalue weighted by molar-refractivity contribution is 5.91. The first-order chi connectivity index (χ1) is 11.3. The molecule has 0 fully saturated rings. The molecule has 1 heterocycles. The molecule has 0 aliphatic heterocycles. The summed E-state index contributed by atoms with van der Waals surface area (Å²) in [6.07, 6.45) is 0.756. The van der Waals surface area contributed by atoms with Crippen LogP contribution in [0.2, 0.25) is 0 Å². The predicted molar refractivity (Wildman–Crippen MR) is 94.1 cm³/mol. The number of benzene rings is 1. The van der Waals surface area contributed by atoms with E-state index >= 15 is 0 Å². The number of hydrogen-bond donors (Lipinski definition) is 2. The third kappa shape index (κ3) is 3.72. The zero-order chi connectivity index (χ0) is 17.9. The van der Waals surface area contributed by atoms with Gasteiger partial charge in [-0.05, 0) is 56.9 Å². The van der Waals surface area contributed by atoms with E-state index in [0.717, 1.165) is 22.4 Å². The zero-order valence-corrected chi connectivity index (χ0v) is 14.4. The quantitative estimate of drug-likeness (QED) is 0.906. The number of nitriles is 1. The Kier molecular flexibility index (Phi) is 5.20. The summed E-state index contributed by atoms with van der Waals surface area (Å²) in [6, 6.07) is 7.80. The molecule has 0 aliphatic rings. The number of aromatic nitrogens is 1. The summed E-state index contributed by atoms with van der Waals surface area (Å²) in [5, 5.41) is 12.0. The van der Waals surface area contributed by atoms with Gasteiger partial charge in [-0.2, -0.15) is 5.26 Å². The van der Waals surface area contributed by atoms with E-state index in [1.807, 2.05) is 38.1 Å². The molecular formula is C19H21N3O2. The summed E-state index contributed by atoms with van der Waals surface area (Å²) in [7, 11) is 0. The van der Waals surface area contributed by atoms with Crippen LogP contribution in [0.5, 0.6) is 0 Å². The van der Waals surface area contributed by atoms with E-state index in [9.17, 15) is 9.59 Å². The molecule has 2 aromatic rings. The van der Waals surface area contributed by atoms with E-state index in [4.69, 9.17) is 5.26 Å². The summed E-state index contributed by atoms with van der Waals surface area (Å²) in [5.74, 6) is -0.0922. The van der Waals surface area contributed by atoms with E-state index in [0.29, 0.717) is 17.7 Å². The number of anilines is 1. The molecule has 2 N–H and O–H groups in total. The molecule has 0 bridgehead atoms. The highest BCUT2D eigenvalue weighted by Gasteiger charge is 2.13. The SMILES string of the molecule is Cc1ccc(NC(=O)CCc2c(C)[nH]c(=O)c(C#N)c2C)c(C)c1. The van der Waals surface area contributed by atoms with Crippen LogP contribution >= 0.6 is 0 Å². The van der Waals surface area contributed by atoms with Crippen LogP contribution in [0, 0.1) is 39.0 Å². The van der Waals surface area contributed by atoms with E-state index in [2.05, 4.69) is 10.3 Å². The van der Waals surface area contributed by atoms with Gasteiger partial charge in [0.15, 0.2) is 0 Å². The van der Waals surface area contributed by atoms with Crippen LogP contribution in [0.1, 0.15) is 39.9 Å². The second kappa shape index (κ2) is 7.14. The van der Waals surface area contributed by atoms with Gasteiger partial charge in [-0.15, -0.1) is 0 Å². The van der Waals surface area contributed by atoms with Gasteiger partial charge in [-0.25, -0.2) is 0 Å². The fraction of sp³-hybridized carbons (Fsp3) is 0.316. The molecule has 1 aromatic heterocycles. The highest BCUT2D eigenvalue weighted by atomic mass is 16.1. The third-order valence-electron chi connectivity index (χ3n) is 4.18. The molecular weight excluding hydrogens is 302 g/mol. The monoisotopic (exact) mass is 323 g/mol. The Bertz CT molecular complexity index is 889. The minimum Gasteiger partial charge on any atom is -0.326 e. The number of aryl methyl sites for hydroxylation is 3. The van der Waals surface area contributed by atoms with E-state index in [1.165, 1.54) is 0 Å². The van der Waals surface area contributed by atoms with E-state index in [-0.39, 0.29) is 23.5 Å². The molecule has 0 spiro atoms. The predicted octanol–water partition coefficient (Wildman–Crippen LogP) is 3.05. The molecule has 0 unspecified atom stereocenters. The van der Waals surface area contributed by atoms with Crippen molar-refractivity contribution in [1.82, 2.24) is 4.98 Å². The molecule has 5 nitrogen and oxygen atoms in total. The average molecular weight is 323 g/mol. The number of carbonyl (C=O) groups is 1. The molecule has 124 valence electrons. The molecule has 0 saturated heterocycles. The fourth-order valence-electron chi connectivity index (χ4n) is 2.83. The summed E-state index contributed by atoms with van der Waals surface area (Å²) < 4.78 is 0. The largest absolute Gasteiger partial charge is 0.326 e. The number of amides is 1. The molecule has 1 amide bonds. The van der Waals surface area contributed by atoms with E-state index in [1.54, 1.807) is 13.8 Å². The smallest absolute Gasteiger partial charge is 0.266 e. The lowest BCUT2D eigenvalue weighted by Crippen LogP contribution is -2.18. The Balaban J connectivity index is 2.12. The summed E-state index contributed by atoms with van der Waals surface area (Å²) >= 11 is 0. The lowest BCUT2D eigenvalue weighted by molar-refractivity contribution is -0.116. The van der Waals surface area contributed by atoms with Crippen LogP contribution in [0.15, 0.2) is 23.0 Å². The number of nitrogens with one attached hydrogen (secondary N) is 2. The van der Waals surface area contributed by atoms with Crippen molar-refractivity contribution in [2.75, 3.05) is 5.32 Å². The van der Waals surface area contributed by atoms with Crippen molar-refractivity contribution < 1.29 is 4.79 Å². The summed E-state index contributed by atoms with van der Waals surface area (Å²) in [4.78, 5) is 26.6. The summed E-state index contributed by atoms with van der Waals surface area (Å²) in [5.41, 5.74) is 4.91. The van der Waals surface area contributed by atoms with Gasteiger partial charge in [0.25, 0.3) is 5.56 Å². The van der Waals surface area contributed by atoms with Crippen molar-refractivity contribution in [2.45, 2.75) is 40.5 Å². The number of pyridine rings is 1. The Hall–Kier alpha value is -2.87. The molecule has 0 radical (unpaired) electrons. The lowest BCUT2D eigenvalue weighted by atomic mass is 9.99. The van der Waals surface area contributed by atoms with Crippen molar-refractivity contribution in [1.29, 1.82) is 5.26 Å².